The number of hydrogen-bond donors (Lipinski definition) is 3. The van der Waals surface area contributed by atoms with Gasteiger partial charge in [0, 0.05) is 35.1 Å². The number of thiazole rings is 1. The quantitative estimate of drug-likeness (QED) is 0.351. The van der Waals surface area contributed by atoms with Crippen LogP contribution in [0.25, 0.3) is 21.6 Å². The highest BCUT2D eigenvalue weighted by molar-refractivity contribution is 7.13. The molecular weight excluding hydrogens is 482 g/mol. The Kier molecular flexibility index (Phi) is 6.32. The second kappa shape index (κ2) is 9.59. The van der Waals surface area contributed by atoms with Gasteiger partial charge in [-0.3, -0.25) is 0 Å². The minimum Gasteiger partial charge on any atom is -0.390 e. The van der Waals surface area contributed by atoms with E-state index in [4.69, 9.17) is 16.6 Å². The van der Waals surface area contributed by atoms with Crippen molar-refractivity contribution in [2.24, 2.45) is 11.8 Å². The fourth-order valence-electron chi connectivity index (χ4n) is 5.81. The van der Waals surface area contributed by atoms with Gasteiger partial charge < -0.3 is 20.1 Å². The van der Waals surface area contributed by atoms with E-state index in [0.29, 0.717) is 18.0 Å². The summed E-state index contributed by atoms with van der Waals surface area (Å²) in [5, 5.41) is 29.5. The minimum absolute atomic E-state index is 0.0626. The fourth-order valence-corrected chi connectivity index (χ4v) is 6.78. The summed E-state index contributed by atoms with van der Waals surface area (Å²) in [4.78, 5) is 13.7. The molecule has 3 aromatic heterocycles. The lowest BCUT2D eigenvalue weighted by atomic mass is 9.82. The second-order valence-electron chi connectivity index (χ2n) is 9.67. The minimum atomic E-state index is -0.864. The first-order chi connectivity index (χ1) is 17.1. The number of rotatable bonds is 5. The molecule has 2 aliphatic rings. The monoisotopic (exact) mass is 509 g/mol. The maximum absolute atomic E-state index is 11.1. The molecule has 2 fully saturated rings. The predicted octanol–water partition coefficient (Wildman–Crippen LogP) is 4.08. The van der Waals surface area contributed by atoms with Crippen LogP contribution in [-0.2, 0) is 6.42 Å². The fraction of sp³-hybridized carbons (Fsp3) is 0.423. The molecule has 0 bridgehead atoms. The van der Waals surface area contributed by atoms with Gasteiger partial charge >= 0.3 is 0 Å². The summed E-state index contributed by atoms with van der Waals surface area (Å²) < 4.78 is 1.99. The smallest absolute Gasteiger partial charge is 0.224 e. The number of piperidine rings is 1. The summed E-state index contributed by atoms with van der Waals surface area (Å²) in [6.07, 6.45) is 5.64. The molecule has 0 radical (unpaired) electrons. The molecule has 0 unspecified atom stereocenters. The van der Waals surface area contributed by atoms with Crippen LogP contribution >= 0.6 is 22.9 Å². The number of fused-ring (bicyclic) bond motifs is 1. The number of aliphatic hydroxyl groups excluding tert-OH is 2. The van der Waals surface area contributed by atoms with E-state index in [1.54, 1.807) is 17.5 Å². The first-order valence-electron chi connectivity index (χ1n) is 12.2. The zero-order valence-corrected chi connectivity index (χ0v) is 20.8. The highest BCUT2D eigenvalue weighted by Gasteiger charge is 2.46. The maximum Gasteiger partial charge on any atom is 0.224 e. The number of aromatic nitrogens is 4. The Hall–Kier alpha value is -2.36. The van der Waals surface area contributed by atoms with Gasteiger partial charge in [-0.1, -0.05) is 30.3 Å². The Morgan fingerprint density at radius 2 is 1.89 bits per heavy atom. The highest BCUT2D eigenvalue weighted by atomic mass is 35.5. The summed E-state index contributed by atoms with van der Waals surface area (Å²) in [5.74, 6) is 0.470. The molecule has 1 saturated heterocycles. The Bertz CT molecular complexity index is 1320. The highest BCUT2D eigenvalue weighted by Crippen LogP contribution is 2.44. The van der Waals surface area contributed by atoms with Gasteiger partial charge in [0.15, 0.2) is 0 Å². The van der Waals surface area contributed by atoms with Crippen LogP contribution in [0.4, 0.5) is 0 Å². The van der Waals surface area contributed by atoms with E-state index in [-0.39, 0.29) is 17.2 Å². The van der Waals surface area contributed by atoms with Crippen LogP contribution in [0.3, 0.4) is 0 Å². The normalized spacial score (nSPS) is 25.5. The van der Waals surface area contributed by atoms with E-state index in [9.17, 15) is 10.2 Å². The SMILES string of the molecule is O[C@@H]1[C@H](O)[C@@H](C2CCNCC2)C[C@H]1n1cc(-c2nc(Cc3ccccc3)cs2)c2cnc(Cl)nc21. The number of halogens is 1. The van der Waals surface area contributed by atoms with Crippen LogP contribution in [-0.4, -0.2) is 55.0 Å². The molecular formula is C26H28ClN5O2S. The molecule has 6 rings (SSSR count). The zero-order chi connectivity index (χ0) is 23.9. The molecule has 4 atom stereocenters. The Morgan fingerprint density at radius 1 is 1.09 bits per heavy atom. The summed E-state index contributed by atoms with van der Waals surface area (Å²) >= 11 is 7.78. The van der Waals surface area contributed by atoms with Crippen LogP contribution in [0.5, 0.6) is 0 Å². The number of nitrogens with one attached hydrogen (secondary N) is 1. The molecule has 35 heavy (non-hydrogen) atoms. The molecule has 7 nitrogen and oxygen atoms in total. The third-order valence-electron chi connectivity index (χ3n) is 7.60. The predicted molar refractivity (Wildman–Crippen MR) is 138 cm³/mol. The van der Waals surface area contributed by atoms with Crippen molar-refractivity contribution in [2.75, 3.05) is 13.1 Å². The zero-order valence-electron chi connectivity index (χ0n) is 19.2. The molecule has 1 aliphatic heterocycles. The van der Waals surface area contributed by atoms with Gasteiger partial charge in [-0.05, 0) is 61.4 Å². The first kappa shape index (κ1) is 23.1. The van der Waals surface area contributed by atoms with E-state index in [2.05, 4.69) is 32.8 Å². The van der Waals surface area contributed by atoms with Crippen LogP contribution in [0.15, 0.2) is 48.1 Å². The third-order valence-corrected chi connectivity index (χ3v) is 8.70. The third kappa shape index (κ3) is 4.38. The summed E-state index contributed by atoms with van der Waals surface area (Å²) in [6.45, 7) is 1.92. The molecule has 1 aromatic carbocycles. The average molecular weight is 510 g/mol. The van der Waals surface area contributed by atoms with Gasteiger partial charge in [0.1, 0.15) is 16.8 Å². The summed E-state index contributed by atoms with van der Waals surface area (Å²) in [5.41, 5.74) is 3.82. The van der Waals surface area contributed by atoms with E-state index in [1.165, 1.54) is 5.56 Å². The van der Waals surface area contributed by atoms with E-state index in [0.717, 1.165) is 54.0 Å². The molecule has 1 saturated carbocycles. The molecule has 0 spiro atoms. The number of aliphatic hydroxyl groups is 2. The Balaban J connectivity index is 1.35. The van der Waals surface area contributed by atoms with Crippen molar-refractivity contribution >= 4 is 34.0 Å². The van der Waals surface area contributed by atoms with Gasteiger partial charge in [-0.15, -0.1) is 11.3 Å². The molecule has 1 aliphatic carbocycles. The van der Waals surface area contributed by atoms with Gasteiger partial charge in [-0.25, -0.2) is 9.97 Å². The molecule has 4 aromatic rings. The second-order valence-corrected chi connectivity index (χ2v) is 10.9. The van der Waals surface area contributed by atoms with Crippen molar-refractivity contribution in [2.45, 2.75) is 43.9 Å². The largest absolute Gasteiger partial charge is 0.390 e. The van der Waals surface area contributed by atoms with Crippen LogP contribution < -0.4 is 5.32 Å². The van der Waals surface area contributed by atoms with Gasteiger partial charge in [0.25, 0.3) is 0 Å². The summed E-state index contributed by atoms with van der Waals surface area (Å²) in [6, 6.07) is 10.0. The number of nitrogens with zero attached hydrogens (tertiary/aromatic N) is 4. The van der Waals surface area contributed by atoms with Crippen molar-refractivity contribution in [1.29, 1.82) is 0 Å². The lowest BCUT2D eigenvalue weighted by Crippen LogP contribution is -2.37. The van der Waals surface area contributed by atoms with Crippen LogP contribution in [0.1, 0.15) is 36.6 Å². The van der Waals surface area contributed by atoms with Crippen molar-refractivity contribution < 1.29 is 10.2 Å². The van der Waals surface area contributed by atoms with Crippen molar-refractivity contribution in [3.63, 3.8) is 0 Å². The van der Waals surface area contributed by atoms with Gasteiger partial charge in [0.2, 0.25) is 5.28 Å². The Morgan fingerprint density at radius 3 is 2.69 bits per heavy atom. The van der Waals surface area contributed by atoms with E-state index in [1.807, 2.05) is 29.0 Å². The van der Waals surface area contributed by atoms with E-state index >= 15 is 0 Å². The van der Waals surface area contributed by atoms with Crippen molar-refractivity contribution in [3.8, 4) is 10.6 Å². The molecule has 4 heterocycles. The lowest BCUT2D eigenvalue weighted by Gasteiger charge is -2.30. The lowest BCUT2D eigenvalue weighted by molar-refractivity contribution is -0.00767. The molecule has 182 valence electrons. The van der Waals surface area contributed by atoms with E-state index < -0.39 is 12.2 Å². The molecule has 0 amide bonds. The maximum atomic E-state index is 11.1. The first-order valence-corrected chi connectivity index (χ1v) is 13.4. The van der Waals surface area contributed by atoms with Crippen LogP contribution in [0, 0.1) is 11.8 Å². The van der Waals surface area contributed by atoms with Crippen molar-refractivity contribution in [3.05, 3.63) is 64.6 Å². The molecule has 3 N–H and O–H groups in total. The number of benzene rings is 1. The average Bonchev–Trinajstić information content (AvgIpc) is 3.57. The van der Waals surface area contributed by atoms with Crippen molar-refractivity contribution in [1.82, 2.24) is 24.8 Å². The molecule has 9 heteroatoms. The standard InChI is InChI=1S/C26H28ClN5O2S/c27-26-29-12-19-20(25-30-17(14-35-25)10-15-4-2-1-3-5-15)13-32(24(19)31-26)21-11-18(22(33)23(21)34)16-6-8-28-9-7-16/h1-5,12-14,16,18,21-23,28,33-34H,6-11H2/t18-,21-,22-,23+/m1/s1. The number of hydrogen-bond acceptors (Lipinski definition) is 7. The van der Waals surface area contributed by atoms with Gasteiger partial charge in [0.05, 0.1) is 17.8 Å². The topological polar surface area (TPSA) is 96.1 Å². The summed E-state index contributed by atoms with van der Waals surface area (Å²) in [7, 11) is 0. The van der Waals surface area contributed by atoms with Gasteiger partial charge in [-0.2, -0.15) is 4.98 Å². The van der Waals surface area contributed by atoms with Crippen LogP contribution in [0.2, 0.25) is 5.28 Å². The Labute approximate surface area is 212 Å².